The summed E-state index contributed by atoms with van der Waals surface area (Å²) in [7, 11) is 0. The molecule has 0 fully saturated rings. The van der Waals surface area contributed by atoms with Crippen molar-refractivity contribution in [2.75, 3.05) is 0 Å². The van der Waals surface area contributed by atoms with Gasteiger partial charge >= 0.3 is 5.69 Å². The molecule has 0 aliphatic carbocycles. The molecule has 16 heavy (non-hydrogen) atoms. The van der Waals surface area contributed by atoms with E-state index in [0.717, 1.165) is 6.20 Å². The van der Waals surface area contributed by atoms with Crippen LogP contribution in [0.2, 0.25) is 0 Å². The van der Waals surface area contributed by atoms with Gasteiger partial charge in [0, 0.05) is 5.56 Å². The maximum atomic E-state index is 13.0. The molecular formula is C9H5BrFN3O2. The Morgan fingerprint density at radius 2 is 2.25 bits per heavy atom. The van der Waals surface area contributed by atoms with Gasteiger partial charge in [-0.1, -0.05) is 0 Å². The molecule has 0 unspecified atom stereocenters. The number of nitrogens with one attached hydrogen (secondary N) is 1. The predicted molar refractivity (Wildman–Crippen MR) is 58.3 cm³/mol. The fourth-order valence-electron chi connectivity index (χ4n) is 1.28. The summed E-state index contributed by atoms with van der Waals surface area (Å²) in [6.07, 6.45) is 1.12. The van der Waals surface area contributed by atoms with E-state index in [1.54, 1.807) is 0 Å². The fourth-order valence-corrected chi connectivity index (χ4v) is 1.66. The summed E-state index contributed by atoms with van der Waals surface area (Å²) in [4.78, 5) is 10.1. The van der Waals surface area contributed by atoms with Crippen molar-refractivity contribution in [3.05, 3.63) is 44.8 Å². The van der Waals surface area contributed by atoms with Crippen molar-refractivity contribution in [2.45, 2.75) is 0 Å². The van der Waals surface area contributed by atoms with E-state index < -0.39 is 10.7 Å². The lowest BCUT2D eigenvalue weighted by molar-refractivity contribution is -0.384. The first-order chi connectivity index (χ1) is 7.59. The Hall–Kier alpha value is -1.76. The Kier molecular flexibility index (Phi) is 2.69. The van der Waals surface area contributed by atoms with Crippen LogP contribution in [0.3, 0.4) is 0 Å². The van der Waals surface area contributed by atoms with Crippen LogP contribution in [-0.2, 0) is 0 Å². The minimum Gasteiger partial charge on any atom is -0.271 e. The molecule has 0 aliphatic heterocycles. The van der Waals surface area contributed by atoms with Crippen LogP contribution in [0, 0.1) is 15.9 Å². The second kappa shape index (κ2) is 4.01. The molecule has 0 bridgehead atoms. The quantitative estimate of drug-likeness (QED) is 0.681. The zero-order chi connectivity index (χ0) is 11.7. The number of hydrogen-bond donors (Lipinski definition) is 1. The Morgan fingerprint density at radius 1 is 1.50 bits per heavy atom. The third-order valence-electron chi connectivity index (χ3n) is 2.02. The van der Waals surface area contributed by atoms with Gasteiger partial charge in [0.15, 0.2) is 0 Å². The first-order valence-corrected chi connectivity index (χ1v) is 5.02. The van der Waals surface area contributed by atoms with Crippen LogP contribution < -0.4 is 0 Å². The molecule has 1 aromatic carbocycles. The van der Waals surface area contributed by atoms with Gasteiger partial charge in [0.2, 0.25) is 0 Å². The SMILES string of the molecule is O=[N+]([O-])c1cn[nH]c1-c1ccc(F)c(Br)c1. The van der Waals surface area contributed by atoms with Crippen LogP contribution in [-0.4, -0.2) is 15.1 Å². The van der Waals surface area contributed by atoms with E-state index in [2.05, 4.69) is 26.1 Å². The van der Waals surface area contributed by atoms with Gasteiger partial charge in [0.05, 0.1) is 9.40 Å². The normalized spacial score (nSPS) is 10.4. The third-order valence-corrected chi connectivity index (χ3v) is 2.63. The summed E-state index contributed by atoms with van der Waals surface area (Å²) >= 11 is 3.01. The van der Waals surface area contributed by atoms with Gasteiger partial charge in [-0.3, -0.25) is 15.2 Å². The number of halogens is 2. The molecule has 7 heteroatoms. The minimum atomic E-state index is -0.546. The molecule has 2 rings (SSSR count). The molecule has 0 amide bonds. The van der Waals surface area contributed by atoms with Crippen LogP contribution in [0.15, 0.2) is 28.9 Å². The zero-order valence-electron chi connectivity index (χ0n) is 7.78. The van der Waals surface area contributed by atoms with Crippen molar-refractivity contribution < 1.29 is 9.31 Å². The van der Waals surface area contributed by atoms with E-state index in [-0.39, 0.29) is 15.9 Å². The van der Waals surface area contributed by atoms with Crippen molar-refractivity contribution in [1.29, 1.82) is 0 Å². The van der Waals surface area contributed by atoms with Crippen LogP contribution in [0.25, 0.3) is 11.3 Å². The molecule has 5 nitrogen and oxygen atoms in total. The summed E-state index contributed by atoms with van der Waals surface area (Å²) in [5.74, 6) is -0.425. The average molecular weight is 286 g/mol. The largest absolute Gasteiger partial charge is 0.314 e. The van der Waals surface area contributed by atoms with E-state index in [4.69, 9.17) is 0 Å². The van der Waals surface area contributed by atoms with Gasteiger partial charge in [0.1, 0.15) is 17.7 Å². The van der Waals surface area contributed by atoms with E-state index >= 15 is 0 Å². The van der Waals surface area contributed by atoms with E-state index in [1.165, 1.54) is 18.2 Å². The second-order valence-corrected chi connectivity index (χ2v) is 3.87. The lowest BCUT2D eigenvalue weighted by Gasteiger charge is -1.99. The van der Waals surface area contributed by atoms with Crippen molar-refractivity contribution in [3.63, 3.8) is 0 Å². The van der Waals surface area contributed by atoms with Crippen LogP contribution in [0.4, 0.5) is 10.1 Å². The molecule has 1 heterocycles. The average Bonchev–Trinajstić information content (AvgIpc) is 2.71. The highest BCUT2D eigenvalue weighted by Gasteiger charge is 2.18. The molecular weight excluding hydrogens is 281 g/mol. The van der Waals surface area contributed by atoms with Gasteiger partial charge in [-0.2, -0.15) is 5.10 Å². The highest BCUT2D eigenvalue weighted by Crippen LogP contribution is 2.29. The Balaban J connectivity index is 2.54. The number of rotatable bonds is 2. The van der Waals surface area contributed by atoms with Crippen molar-refractivity contribution in [3.8, 4) is 11.3 Å². The molecule has 0 saturated heterocycles. The molecule has 1 N–H and O–H groups in total. The maximum absolute atomic E-state index is 13.0. The second-order valence-electron chi connectivity index (χ2n) is 3.02. The summed E-state index contributed by atoms with van der Waals surface area (Å²) in [5, 5.41) is 16.8. The summed E-state index contributed by atoms with van der Waals surface area (Å²) in [5.41, 5.74) is 0.613. The maximum Gasteiger partial charge on any atom is 0.314 e. The highest BCUT2D eigenvalue weighted by molar-refractivity contribution is 9.10. The Morgan fingerprint density at radius 3 is 2.88 bits per heavy atom. The van der Waals surface area contributed by atoms with Gasteiger partial charge in [-0.15, -0.1) is 0 Å². The van der Waals surface area contributed by atoms with Crippen LogP contribution >= 0.6 is 15.9 Å². The number of nitrogens with zero attached hydrogens (tertiary/aromatic N) is 2. The third kappa shape index (κ3) is 1.81. The standard InChI is InChI=1S/C9H5BrFN3O2/c10-6-3-5(1-2-7(6)11)9-8(14(15)16)4-12-13-9/h1-4H,(H,12,13). The minimum absolute atomic E-state index is 0.140. The molecule has 1 aromatic heterocycles. The summed E-state index contributed by atoms with van der Waals surface area (Å²) < 4.78 is 13.2. The van der Waals surface area contributed by atoms with E-state index in [9.17, 15) is 14.5 Å². The Bertz CT molecular complexity index is 555. The monoisotopic (exact) mass is 285 g/mol. The summed E-state index contributed by atoms with van der Waals surface area (Å²) in [6, 6.07) is 4.13. The van der Waals surface area contributed by atoms with Gasteiger partial charge in [-0.05, 0) is 34.1 Å². The molecule has 0 aliphatic rings. The van der Waals surface area contributed by atoms with Gasteiger partial charge in [0.25, 0.3) is 0 Å². The van der Waals surface area contributed by atoms with E-state index in [1.807, 2.05) is 0 Å². The predicted octanol–water partition coefficient (Wildman–Crippen LogP) is 2.89. The zero-order valence-corrected chi connectivity index (χ0v) is 9.36. The molecule has 0 saturated carbocycles. The number of aromatic amines is 1. The van der Waals surface area contributed by atoms with Crippen molar-refractivity contribution >= 4 is 21.6 Å². The fraction of sp³-hybridized carbons (Fsp3) is 0. The Labute approximate surface area is 97.6 Å². The van der Waals surface area contributed by atoms with Crippen molar-refractivity contribution in [1.82, 2.24) is 10.2 Å². The molecule has 0 spiro atoms. The number of aromatic nitrogens is 2. The van der Waals surface area contributed by atoms with Crippen LogP contribution in [0.5, 0.6) is 0 Å². The number of hydrogen-bond acceptors (Lipinski definition) is 3. The smallest absolute Gasteiger partial charge is 0.271 e. The lowest BCUT2D eigenvalue weighted by Crippen LogP contribution is -1.89. The van der Waals surface area contributed by atoms with Crippen molar-refractivity contribution in [2.24, 2.45) is 0 Å². The molecule has 0 radical (unpaired) electrons. The van der Waals surface area contributed by atoms with Gasteiger partial charge < -0.3 is 0 Å². The first-order valence-electron chi connectivity index (χ1n) is 4.23. The van der Waals surface area contributed by atoms with Gasteiger partial charge in [-0.25, -0.2) is 4.39 Å². The molecule has 0 atom stereocenters. The number of H-pyrrole nitrogens is 1. The first kappa shape index (κ1) is 10.7. The number of benzene rings is 1. The number of nitro groups is 1. The summed E-state index contributed by atoms with van der Waals surface area (Å²) in [6.45, 7) is 0. The molecule has 2 aromatic rings. The topological polar surface area (TPSA) is 71.8 Å². The highest BCUT2D eigenvalue weighted by atomic mass is 79.9. The van der Waals surface area contributed by atoms with E-state index in [0.29, 0.717) is 5.56 Å². The molecule has 82 valence electrons. The lowest BCUT2D eigenvalue weighted by atomic mass is 10.1. The van der Waals surface area contributed by atoms with Crippen LogP contribution in [0.1, 0.15) is 0 Å².